The topological polar surface area (TPSA) is 245 Å². The van der Waals surface area contributed by atoms with Gasteiger partial charge in [-0.25, -0.2) is 19.2 Å². The third-order valence-electron chi connectivity index (χ3n) is 13.0. The van der Waals surface area contributed by atoms with E-state index in [1.807, 2.05) is 6.92 Å². The largest absolute Gasteiger partial charge is 0.508 e. The van der Waals surface area contributed by atoms with Crippen LogP contribution in [0.3, 0.4) is 0 Å². The Labute approximate surface area is 469 Å². The van der Waals surface area contributed by atoms with Crippen molar-refractivity contribution >= 4 is 67.4 Å². The van der Waals surface area contributed by atoms with Gasteiger partial charge in [0.05, 0.1) is 33.0 Å². The number of hydrogen-bond acceptors (Lipinski definition) is 18. The number of hydrogen-bond donors (Lipinski definition) is 2. The Morgan fingerprint density at radius 3 is 1.54 bits per heavy atom. The Morgan fingerprint density at radius 2 is 1.04 bits per heavy atom. The van der Waals surface area contributed by atoms with E-state index in [9.17, 15) is 33.6 Å². The maximum Gasteiger partial charge on any atom is 0.508 e. The highest BCUT2D eigenvalue weighted by atomic mass is 28.5. The van der Waals surface area contributed by atoms with Crippen molar-refractivity contribution in [2.75, 3.05) is 72.6 Å². The minimum absolute atomic E-state index is 0.00265. The lowest BCUT2D eigenvalue weighted by atomic mass is 9.60. The summed E-state index contributed by atoms with van der Waals surface area (Å²) in [4.78, 5) is 87.4. The van der Waals surface area contributed by atoms with Crippen molar-refractivity contribution in [2.45, 2.75) is 190 Å². The van der Waals surface area contributed by atoms with Gasteiger partial charge in [0, 0.05) is 57.9 Å². The van der Waals surface area contributed by atoms with E-state index in [0.717, 1.165) is 37.8 Å². The molecule has 0 radical (unpaired) electrons. The average molecular weight is 1160 g/mol. The zero-order valence-corrected chi connectivity index (χ0v) is 53.0. The Bertz CT molecular complexity index is 1910. The molecule has 2 aliphatic carbocycles. The third kappa shape index (κ3) is 32.3. The second-order valence-corrected chi connectivity index (χ2v) is 38.6. The van der Waals surface area contributed by atoms with Gasteiger partial charge in [0.2, 0.25) is 0 Å². The zero-order chi connectivity index (χ0) is 58.9. The number of esters is 4. The van der Waals surface area contributed by atoms with Crippen LogP contribution in [-0.2, 0) is 70.0 Å². The summed E-state index contributed by atoms with van der Waals surface area (Å²) in [5.74, 6) is -1.77. The molecular formula is C55H100N2O18Si3. The van der Waals surface area contributed by atoms with Crippen LogP contribution >= 0.6 is 0 Å². The highest BCUT2D eigenvalue weighted by Gasteiger charge is 2.44. The van der Waals surface area contributed by atoms with Crippen LogP contribution in [0, 0.1) is 33.5 Å². The summed E-state index contributed by atoms with van der Waals surface area (Å²) < 4.78 is 61.9. The number of carbonyl (C=O) groups excluding carboxylic acids is 7. The standard InChI is InChI=1S/C55H100N2O18Si3/c1-16-21-46(59)66-23-18-25-70-51(64)71-26-19-24-67-47(60)30-42-32-52(3,4)38-54(7,34-42)41-57-50(63)72-37-44(36-65-22-20-29-78(15,74-76(9,10)11)75-77(12,13)14)73-48(61)31-43-33-53(5,6)39-55(8,35-43)40-56-49(62)69-28-27-68-45(58)17-2/h17,42-44H,2,16,18-41H2,1,3-15H3,(H,56,62)(H,57,63). The molecule has 2 rings (SSSR count). The van der Waals surface area contributed by atoms with Crippen LogP contribution in [0.25, 0.3) is 0 Å². The first-order chi connectivity index (χ1) is 36.1. The molecule has 0 aliphatic heterocycles. The molecule has 0 bridgehead atoms. The molecule has 0 saturated heterocycles. The van der Waals surface area contributed by atoms with Crippen molar-refractivity contribution in [3.05, 3.63) is 12.7 Å². The second kappa shape index (κ2) is 33.0. The summed E-state index contributed by atoms with van der Waals surface area (Å²) in [6.45, 7) is 33.9. The molecule has 2 aliphatic rings. The monoisotopic (exact) mass is 1160 g/mol. The lowest BCUT2D eigenvalue weighted by Gasteiger charge is -2.46. The molecular weight excluding hydrogens is 1060 g/mol. The summed E-state index contributed by atoms with van der Waals surface area (Å²) in [5, 5.41) is 5.79. The number of nitrogens with one attached hydrogen (secondary N) is 2. The molecule has 2 fully saturated rings. The zero-order valence-electron chi connectivity index (χ0n) is 50.0. The molecule has 5 unspecified atom stereocenters. The average Bonchev–Trinajstić information content (AvgIpc) is 3.27. The van der Waals surface area contributed by atoms with Crippen LogP contribution in [0.4, 0.5) is 14.4 Å². The molecule has 5 atom stereocenters. The van der Waals surface area contributed by atoms with E-state index in [0.29, 0.717) is 58.1 Å². The maximum absolute atomic E-state index is 13.8. The Morgan fingerprint density at radius 1 is 0.564 bits per heavy atom. The van der Waals surface area contributed by atoms with Gasteiger partial charge in [-0.1, -0.05) is 55.0 Å². The maximum atomic E-state index is 13.8. The van der Waals surface area contributed by atoms with E-state index in [2.05, 4.69) is 105 Å². The minimum Gasteiger partial charge on any atom is -0.466 e. The van der Waals surface area contributed by atoms with Crippen LogP contribution in [-0.4, -0.2) is 146 Å². The Hall–Kier alpha value is -4.04. The van der Waals surface area contributed by atoms with E-state index >= 15 is 0 Å². The molecule has 2 amide bonds. The summed E-state index contributed by atoms with van der Waals surface area (Å²) in [7, 11) is -6.34. The van der Waals surface area contributed by atoms with E-state index in [-0.39, 0.29) is 118 Å². The molecule has 2 N–H and O–H groups in total. The van der Waals surface area contributed by atoms with E-state index in [4.69, 9.17) is 50.9 Å². The first kappa shape index (κ1) is 70.1. The smallest absolute Gasteiger partial charge is 0.466 e. The second-order valence-electron chi connectivity index (χ2n) is 25.8. The quantitative estimate of drug-likeness (QED) is 0.0197. The van der Waals surface area contributed by atoms with Crippen molar-refractivity contribution in [3.63, 3.8) is 0 Å². The van der Waals surface area contributed by atoms with Gasteiger partial charge in [-0.15, -0.1) is 0 Å². The van der Waals surface area contributed by atoms with Gasteiger partial charge in [0.25, 0.3) is 0 Å². The molecule has 20 nitrogen and oxygen atoms in total. The molecule has 23 heteroatoms. The predicted octanol–water partition coefficient (Wildman–Crippen LogP) is 10.5. The Balaban J connectivity index is 2.02. The van der Waals surface area contributed by atoms with Crippen molar-refractivity contribution in [1.29, 1.82) is 0 Å². The van der Waals surface area contributed by atoms with E-state index < -0.39 is 61.6 Å². The highest BCUT2D eigenvalue weighted by molar-refractivity contribution is 6.87. The molecule has 0 aromatic heterocycles. The fraction of sp³-hybridized carbons (Fsp3) is 0.836. The van der Waals surface area contributed by atoms with Crippen LogP contribution in [0.15, 0.2) is 12.7 Å². The number of ether oxygens (including phenoxy) is 9. The van der Waals surface area contributed by atoms with Gasteiger partial charge < -0.3 is 61.5 Å². The van der Waals surface area contributed by atoms with Crippen molar-refractivity contribution < 1.29 is 84.4 Å². The first-order valence-electron chi connectivity index (χ1n) is 28.0. The molecule has 450 valence electrons. The van der Waals surface area contributed by atoms with Crippen LogP contribution in [0.2, 0.25) is 51.9 Å². The van der Waals surface area contributed by atoms with Crippen molar-refractivity contribution in [2.24, 2.45) is 33.5 Å². The fourth-order valence-electron chi connectivity index (χ4n) is 11.6. The normalized spacial score (nSPS) is 21.4. The van der Waals surface area contributed by atoms with Crippen LogP contribution in [0.1, 0.15) is 132 Å². The number of rotatable bonds is 35. The molecule has 78 heavy (non-hydrogen) atoms. The summed E-state index contributed by atoms with van der Waals surface area (Å²) >= 11 is 0. The summed E-state index contributed by atoms with van der Waals surface area (Å²) in [5.41, 5.74) is -1.02. The first-order valence-corrected chi connectivity index (χ1v) is 37.4. The van der Waals surface area contributed by atoms with Gasteiger partial charge in [0.1, 0.15) is 19.8 Å². The number of alkyl carbamates (subject to hydrolysis) is 2. The number of amides is 2. The molecule has 0 aromatic carbocycles. The van der Waals surface area contributed by atoms with E-state index in [1.54, 1.807) is 0 Å². The van der Waals surface area contributed by atoms with Crippen LogP contribution in [0.5, 0.6) is 0 Å². The lowest BCUT2D eigenvalue weighted by Crippen LogP contribution is -2.52. The highest BCUT2D eigenvalue weighted by Crippen LogP contribution is 2.50. The van der Waals surface area contributed by atoms with Gasteiger partial charge in [-0.2, -0.15) is 0 Å². The summed E-state index contributed by atoms with van der Waals surface area (Å²) in [6.07, 6.45) is 5.10. The lowest BCUT2D eigenvalue weighted by molar-refractivity contribution is -0.157. The minimum atomic E-state index is -2.52. The van der Waals surface area contributed by atoms with Crippen LogP contribution < -0.4 is 10.6 Å². The predicted molar refractivity (Wildman–Crippen MR) is 302 cm³/mol. The fourth-order valence-corrected chi connectivity index (χ4v) is 24.1. The van der Waals surface area contributed by atoms with Gasteiger partial charge in [0.15, 0.2) is 22.7 Å². The van der Waals surface area contributed by atoms with Gasteiger partial charge >= 0.3 is 50.8 Å². The van der Waals surface area contributed by atoms with Gasteiger partial charge in [-0.3, -0.25) is 14.4 Å². The number of carbonyl (C=O) groups is 7. The molecule has 0 heterocycles. The summed E-state index contributed by atoms with van der Waals surface area (Å²) in [6, 6.07) is 0.731. The SMILES string of the molecule is C=CC(=O)OCCOC(=O)NCC1(C)CC(CC(=O)OC(COCCC[Si](C)(O[Si](C)(C)C)O[Si](C)(C)C)COC(=O)NCC2(C)CC(CC(=O)OCCCOC(=O)OCCCOC(=O)CCC)CC(C)(C)C2)CC(C)(C)C1. The van der Waals surface area contributed by atoms with Crippen molar-refractivity contribution in [3.8, 4) is 0 Å². The Kier molecular flexibility index (Phi) is 29.7. The third-order valence-corrected chi connectivity index (χ3v) is 22.6. The molecule has 0 spiro atoms. The molecule has 2 saturated carbocycles. The van der Waals surface area contributed by atoms with E-state index in [1.165, 1.54) is 0 Å². The van der Waals surface area contributed by atoms with Crippen molar-refractivity contribution in [1.82, 2.24) is 10.6 Å². The van der Waals surface area contributed by atoms with Gasteiger partial charge in [-0.05, 0) is 137 Å². The molecule has 0 aromatic rings.